The van der Waals surface area contributed by atoms with Gasteiger partial charge in [-0.25, -0.2) is 4.79 Å². The first kappa shape index (κ1) is 35.3. The Bertz CT molecular complexity index is 1830. The molecule has 49 heavy (non-hydrogen) atoms. The summed E-state index contributed by atoms with van der Waals surface area (Å²) in [5.74, 6) is -0.186. The normalized spacial score (nSPS) is 20.3. The molecule has 9 nitrogen and oxygen atoms in total. The number of hydrogen-bond acceptors (Lipinski definition) is 5. The van der Waals surface area contributed by atoms with Gasteiger partial charge in [0.15, 0.2) is 0 Å². The number of piperazine rings is 1. The number of carbonyl (C=O) groups excluding carboxylic acids is 3. The van der Waals surface area contributed by atoms with Crippen molar-refractivity contribution in [2.75, 3.05) is 53.4 Å². The maximum absolute atomic E-state index is 15.4. The summed E-state index contributed by atoms with van der Waals surface area (Å²) in [7, 11) is 4.01. The second kappa shape index (κ2) is 14.8. The molecule has 0 bridgehead atoms. The molecule has 4 amide bonds. The van der Waals surface area contributed by atoms with Crippen LogP contribution >= 0.6 is 39.3 Å². The maximum Gasteiger partial charge on any atom is 0.317 e. The molecule has 0 aliphatic carbocycles. The van der Waals surface area contributed by atoms with Crippen molar-refractivity contribution < 1.29 is 14.4 Å². The standard InChI is InChI=1S/C37H42BrClN6O3S/c1-5-40-36(48)44-18-16-43(17-19-44)35(47)37(49-28-13-6-24(2)7-14-28)21-33(46)45(32(23-42(3)4)25-8-10-26(38)11-9-25)34(37)30-22-41-31-20-27(39)12-15-29(30)31/h6-15,20,22,32,34,41H,5,16-19,21,23H2,1-4H3,(H,40,48). The van der Waals surface area contributed by atoms with Crippen LogP contribution < -0.4 is 5.32 Å². The zero-order valence-corrected chi connectivity index (χ0v) is 31.4. The number of benzene rings is 3. The lowest BCUT2D eigenvalue weighted by Crippen LogP contribution is -2.58. The molecule has 3 aromatic carbocycles. The number of amides is 4. The fourth-order valence-corrected chi connectivity index (χ4v) is 8.95. The van der Waals surface area contributed by atoms with Gasteiger partial charge < -0.3 is 29.9 Å². The Morgan fingerprint density at radius 1 is 1.04 bits per heavy atom. The number of urea groups is 1. The molecule has 2 N–H and O–H groups in total. The zero-order valence-electron chi connectivity index (χ0n) is 28.2. The van der Waals surface area contributed by atoms with Crippen molar-refractivity contribution in [1.29, 1.82) is 0 Å². The maximum atomic E-state index is 15.4. The highest BCUT2D eigenvalue weighted by Crippen LogP contribution is 2.57. The molecule has 3 atom stereocenters. The second-order valence-corrected chi connectivity index (χ2v) is 15.8. The van der Waals surface area contributed by atoms with E-state index in [-0.39, 0.29) is 30.3 Å². The lowest BCUT2D eigenvalue weighted by Gasteiger charge is -2.44. The monoisotopic (exact) mass is 764 g/mol. The number of nitrogens with zero attached hydrogens (tertiary/aromatic N) is 4. The van der Waals surface area contributed by atoms with Crippen LogP contribution in [0, 0.1) is 6.92 Å². The third kappa shape index (κ3) is 7.22. The summed E-state index contributed by atoms with van der Waals surface area (Å²) >= 11 is 11.5. The average Bonchev–Trinajstić information content (AvgIpc) is 3.62. The number of hydrogen-bond donors (Lipinski definition) is 2. The van der Waals surface area contributed by atoms with Gasteiger partial charge in [0.2, 0.25) is 11.8 Å². The number of aromatic amines is 1. The van der Waals surface area contributed by atoms with Crippen LogP contribution in [0.4, 0.5) is 4.79 Å². The Kier molecular flexibility index (Phi) is 10.6. The van der Waals surface area contributed by atoms with Crippen LogP contribution in [0.25, 0.3) is 10.9 Å². The molecule has 2 aliphatic rings. The molecule has 2 saturated heterocycles. The lowest BCUT2D eigenvalue weighted by molar-refractivity contribution is -0.136. The highest BCUT2D eigenvalue weighted by molar-refractivity contribution is 9.10. The van der Waals surface area contributed by atoms with Gasteiger partial charge in [0, 0.05) is 76.3 Å². The Labute approximate surface area is 305 Å². The Morgan fingerprint density at radius 3 is 2.37 bits per heavy atom. The van der Waals surface area contributed by atoms with Gasteiger partial charge in [0.25, 0.3) is 0 Å². The van der Waals surface area contributed by atoms with Crippen molar-refractivity contribution in [2.24, 2.45) is 0 Å². The summed E-state index contributed by atoms with van der Waals surface area (Å²) in [5.41, 5.74) is 3.80. The zero-order chi connectivity index (χ0) is 34.9. The van der Waals surface area contributed by atoms with Crippen LogP contribution in [0.15, 0.2) is 82.3 Å². The topological polar surface area (TPSA) is 92.0 Å². The van der Waals surface area contributed by atoms with Gasteiger partial charge in [-0.3, -0.25) is 9.59 Å². The van der Waals surface area contributed by atoms with Crippen molar-refractivity contribution in [3.8, 4) is 0 Å². The summed E-state index contributed by atoms with van der Waals surface area (Å²) in [5, 5.41) is 4.38. The molecule has 0 radical (unpaired) electrons. The van der Waals surface area contributed by atoms with E-state index < -0.39 is 10.8 Å². The van der Waals surface area contributed by atoms with Crippen molar-refractivity contribution in [3.05, 3.63) is 99.1 Å². The second-order valence-electron chi connectivity index (χ2n) is 13.1. The molecule has 3 heterocycles. The van der Waals surface area contributed by atoms with Gasteiger partial charge in [-0.2, -0.15) is 0 Å². The molecule has 1 aromatic heterocycles. The van der Waals surface area contributed by atoms with Gasteiger partial charge in [0.1, 0.15) is 4.75 Å². The van der Waals surface area contributed by atoms with Gasteiger partial charge in [-0.15, -0.1) is 11.8 Å². The number of nitrogens with one attached hydrogen (secondary N) is 2. The van der Waals surface area contributed by atoms with Crippen LogP contribution in [0.1, 0.15) is 42.1 Å². The smallest absolute Gasteiger partial charge is 0.317 e. The van der Waals surface area contributed by atoms with E-state index in [0.29, 0.717) is 44.3 Å². The summed E-state index contributed by atoms with van der Waals surface area (Å²) in [6.07, 6.45) is 1.96. The molecule has 3 unspecified atom stereocenters. The van der Waals surface area contributed by atoms with Crippen molar-refractivity contribution in [2.45, 2.75) is 42.0 Å². The number of likely N-dealkylation sites (tertiary alicyclic amines) is 1. The minimum Gasteiger partial charge on any atom is -0.361 e. The van der Waals surface area contributed by atoms with E-state index in [1.807, 2.05) is 111 Å². The first-order valence-electron chi connectivity index (χ1n) is 16.6. The molecule has 2 aliphatic heterocycles. The largest absolute Gasteiger partial charge is 0.361 e. The predicted octanol–water partition coefficient (Wildman–Crippen LogP) is 6.87. The van der Waals surface area contributed by atoms with E-state index >= 15 is 4.79 Å². The summed E-state index contributed by atoms with van der Waals surface area (Å²) in [6.45, 7) is 6.61. The number of H-pyrrole nitrogens is 1. The average molecular weight is 766 g/mol. The summed E-state index contributed by atoms with van der Waals surface area (Å²) < 4.78 is -0.265. The molecule has 0 saturated carbocycles. The van der Waals surface area contributed by atoms with Crippen molar-refractivity contribution in [3.63, 3.8) is 0 Å². The van der Waals surface area contributed by atoms with Gasteiger partial charge >= 0.3 is 6.03 Å². The molecule has 12 heteroatoms. The third-order valence-corrected chi connectivity index (χ3v) is 11.6. The Balaban J connectivity index is 1.53. The lowest BCUT2D eigenvalue weighted by atomic mass is 9.89. The molecule has 2 fully saturated rings. The minimum atomic E-state index is -1.21. The quantitative estimate of drug-likeness (QED) is 0.194. The van der Waals surface area contributed by atoms with Gasteiger partial charge in [-0.05, 0) is 69.9 Å². The minimum absolute atomic E-state index is 0.0201. The molecule has 4 aromatic rings. The van der Waals surface area contributed by atoms with E-state index in [4.69, 9.17) is 11.6 Å². The van der Waals surface area contributed by atoms with Crippen molar-refractivity contribution in [1.82, 2.24) is 29.9 Å². The molecular formula is C37H42BrClN6O3S. The molecule has 6 rings (SSSR count). The highest BCUT2D eigenvalue weighted by Gasteiger charge is 2.61. The van der Waals surface area contributed by atoms with E-state index in [9.17, 15) is 9.59 Å². The van der Waals surface area contributed by atoms with E-state index in [1.165, 1.54) is 11.8 Å². The van der Waals surface area contributed by atoms with Crippen molar-refractivity contribution >= 4 is 68.0 Å². The molecule has 258 valence electrons. The van der Waals surface area contributed by atoms with Gasteiger partial charge in [0.05, 0.1) is 18.5 Å². The van der Waals surface area contributed by atoms with Crippen LogP contribution in [0.3, 0.4) is 0 Å². The first-order valence-corrected chi connectivity index (χ1v) is 18.5. The third-order valence-electron chi connectivity index (χ3n) is 9.39. The first-order chi connectivity index (χ1) is 23.5. The number of aryl methyl sites for hydroxylation is 1. The SMILES string of the molecule is CCNC(=O)N1CCN(C(=O)C2(Sc3ccc(C)cc3)CC(=O)N(C(CN(C)C)c3ccc(Br)cc3)C2c2c[nH]c3cc(Cl)ccc23)CC1. The summed E-state index contributed by atoms with van der Waals surface area (Å²) in [4.78, 5) is 54.8. The fraction of sp³-hybridized carbons (Fsp3) is 0.378. The van der Waals surface area contributed by atoms with E-state index in [0.717, 1.165) is 37.0 Å². The Morgan fingerprint density at radius 2 is 1.71 bits per heavy atom. The number of thioether (sulfide) groups is 1. The Hall–Kier alpha value is -3.51. The predicted molar refractivity (Wildman–Crippen MR) is 200 cm³/mol. The number of fused-ring (bicyclic) bond motifs is 1. The number of aromatic nitrogens is 1. The van der Waals surface area contributed by atoms with E-state index in [1.54, 1.807) is 4.90 Å². The van der Waals surface area contributed by atoms with Crippen LogP contribution in [-0.4, -0.2) is 101 Å². The van der Waals surface area contributed by atoms with Crippen LogP contribution in [0.5, 0.6) is 0 Å². The molecule has 0 spiro atoms. The fourth-order valence-electron chi connectivity index (χ4n) is 7.06. The highest BCUT2D eigenvalue weighted by atomic mass is 79.9. The van der Waals surface area contributed by atoms with Crippen LogP contribution in [0.2, 0.25) is 5.02 Å². The number of carbonyl (C=O) groups is 3. The van der Waals surface area contributed by atoms with Crippen LogP contribution in [-0.2, 0) is 9.59 Å². The summed E-state index contributed by atoms with van der Waals surface area (Å²) in [6, 6.07) is 20.8. The van der Waals surface area contributed by atoms with E-state index in [2.05, 4.69) is 31.1 Å². The molecular weight excluding hydrogens is 724 g/mol. The number of rotatable bonds is 9. The number of halogens is 2. The van der Waals surface area contributed by atoms with Gasteiger partial charge in [-0.1, -0.05) is 63.4 Å². The number of likely N-dealkylation sites (N-methyl/N-ethyl adjacent to an activating group) is 1.